The van der Waals surface area contributed by atoms with Gasteiger partial charge >= 0.3 is 11.9 Å². The van der Waals surface area contributed by atoms with Crippen LogP contribution in [0.1, 0.15) is 27.0 Å². The Balaban J connectivity index is 2.31. The van der Waals surface area contributed by atoms with Crippen LogP contribution in [0.4, 0.5) is 0 Å². The van der Waals surface area contributed by atoms with Crippen LogP contribution in [-0.4, -0.2) is 17.7 Å². The van der Waals surface area contributed by atoms with Crippen molar-refractivity contribution in [2.24, 2.45) is 0 Å². The van der Waals surface area contributed by atoms with Gasteiger partial charge in [0.2, 0.25) is 0 Å². The summed E-state index contributed by atoms with van der Waals surface area (Å²) in [6.07, 6.45) is 2.12. The maximum atomic E-state index is 12.7. The lowest BCUT2D eigenvalue weighted by molar-refractivity contribution is -0.139. The van der Waals surface area contributed by atoms with E-state index in [1.165, 1.54) is 0 Å². The summed E-state index contributed by atoms with van der Waals surface area (Å²) in [5, 5.41) is 0. The average molecular weight is 350 g/mol. The summed E-state index contributed by atoms with van der Waals surface area (Å²) in [6.45, 7) is 6.60. The molecule has 0 aliphatic rings. The third kappa shape index (κ3) is 5.01. The summed E-state index contributed by atoms with van der Waals surface area (Å²) in [5.74, 6) is -1.33. The van der Waals surface area contributed by atoms with Crippen molar-refractivity contribution in [1.29, 1.82) is 0 Å². The number of hydrogen-bond acceptors (Lipinski definition) is 5. The highest BCUT2D eigenvalue weighted by molar-refractivity contribution is 6.10. The molecule has 0 saturated carbocycles. The van der Waals surface area contributed by atoms with Crippen molar-refractivity contribution in [1.82, 2.24) is 0 Å². The molecule has 0 saturated heterocycles. The maximum Gasteiger partial charge on any atom is 0.330 e. The van der Waals surface area contributed by atoms with Crippen LogP contribution in [0.25, 0.3) is 0 Å². The largest absolute Gasteiger partial charge is 0.458 e. The summed E-state index contributed by atoms with van der Waals surface area (Å²) < 4.78 is 10.1. The highest BCUT2D eigenvalue weighted by atomic mass is 16.5. The number of ketones is 1. The minimum absolute atomic E-state index is 0.0209. The highest BCUT2D eigenvalue weighted by Crippen LogP contribution is 2.19. The Hall–Kier alpha value is -3.47. The Kier molecular flexibility index (Phi) is 6.62. The van der Waals surface area contributed by atoms with E-state index in [0.717, 1.165) is 12.2 Å². The van der Waals surface area contributed by atoms with Crippen LogP contribution >= 0.6 is 0 Å². The Morgan fingerprint density at radius 2 is 1.46 bits per heavy atom. The highest BCUT2D eigenvalue weighted by Gasteiger charge is 2.15. The first-order chi connectivity index (χ1) is 12.5. The van der Waals surface area contributed by atoms with Crippen LogP contribution in [0.5, 0.6) is 0 Å². The van der Waals surface area contributed by atoms with Crippen molar-refractivity contribution in [2.75, 3.05) is 0 Å². The normalized spacial score (nSPS) is 9.85. The lowest BCUT2D eigenvalue weighted by Crippen LogP contribution is -2.10. The van der Waals surface area contributed by atoms with Crippen LogP contribution in [0, 0.1) is 0 Å². The molecule has 0 radical (unpaired) electrons. The molecule has 0 aromatic heterocycles. The molecule has 0 fully saturated rings. The second kappa shape index (κ2) is 9.13. The molecule has 5 nitrogen and oxygen atoms in total. The number of carbonyl (C=O) groups excluding carboxylic acids is 3. The predicted octanol–water partition coefficient (Wildman–Crippen LogP) is 3.38. The molecule has 0 heterocycles. The van der Waals surface area contributed by atoms with Gasteiger partial charge in [-0.2, -0.15) is 0 Å². The number of benzene rings is 2. The zero-order valence-corrected chi connectivity index (χ0v) is 14.1. The standard InChI is InChI=1S/C21H18O5/c1-3-19(22)25-13-15-10-11-18(17(12-15)14-26-20(23)4-2)21(24)16-8-6-5-7-9-16/h3-12H,1-2,13-14H2. The third-order valence-corrected chi connectivity index (χ3v) is 3.53. The quantitative estimate of drug-likeness (QED) is 0.415. The molecular weight excluding hydrogens is 332 g/mol. The zero-order chi connectivity index (χ0) is 18.9. The first-order valence-electron chi connectivity index (χ1n) is 7.85. The van der Waals surface area contributed by atoms with E-state index in [2.05, 4.69) is 13.2 Å². The Bertz CT molecular complexity index is 837. The molecule has 0 spiro atoms. The van der Waals surface area contributed by atoms with Gasteiger partial charge in [-0.15, -0.1) is 0 Å². The van der Waals surface area contributed by atoms with Gasteiger partial charge < -0.3 is 9.47 Å². The molecule has 0 N–H and O–H groups in total. The monoisotopic (exact) mass is 350 g/mol. The molecule has 2 rings (SSSR count). The summed E-state index contributed by atoms with van der Waals surface area (Å²) in [6, 6.07) is 13.8. The van der Waals surface area contributed by atoms with Gasteiger partial charge in [0.05, 0.1) is 0 Å². The van der Waals surface area contributed by atoms with E-state index >= 15 is 0 Å². The summed E-state index contributed by atoms with van der Waals surface area (Å²) in [7, 11) is 0. The van der Waals surface area contributed by atoms with E-state index in [1.807, 2.05) is 6.07 Å². The smallest absolute Gasteiger partial charge is 0.330 e. The van der Waals surface area contributed by atoms with Gasteiger partial charge in [-0.25, -0.2) is 9.59 Å². The molecule has 0 amide bonds. The van der Waals surface area contributed by atoms with Crippen LogP contribution in [0.2, 0.25) is 0 Å². The molecule has 5 heteroatoms. The van der Waals surface area contributed by atoms with Gasteiger partial charge in [-0.05, 0) is 11.6 Å². The van der Waals surface area contributed by atoms with E-state index in [4.69, 9.17) is 9.47 Å². The minimum Gasteiger partial charge on any atom is -0.458 e. The zero-order valence-electron chi connectivity index (χ0n) is 14.1. The van der Waals surface area contributed by atoms with Gasteiger partial charge in [-0.1, -0.05) is 55.6 Å². The van der Waals surface area contributed by atoms with Gasteiger partial charge in [0.1, 0.15) is 13.2 Å². The Morgan fingerprint density at radius 3 is 2.08 bits per heavy atom. The topological polar surface area (TPSA) is 69.7 Å². The molecule has 0 unspecified atom stereocenters. The van der Waals surface area contributed by atoms with E-state index in [1.54, 1.807) is 42.5 Å². The lowest BCUT2D eigenvalue weighted by Gasteiger charge is -2.12. The van der Waals surface area contributed by atoms with Crippen LogP contribution in [0.3, 0.4) is 0 Å². The van der Waals surface area contributed by atoms with Gasteiger partial charge in [0.15, 0.2) is 5.78 Å². The Labute approximate surface area is 151 Å². The summed E-state index contributed by atoms with van der Waals surface area (Å²) in [5.41, 5.74) is 2.11. The third-order valence-electron chi connectivity index (χ3n) is 3.53. The molecule has 132 valence electrons. The lowest BCUT2D eigenvalue weighted by atomic mass is 9.97. The SMILES string of the molecule is C=CC(=O)OCc1ccc(C(=O)c2ccccc2)c(COC(=O)C=C)c1. The second-order valence-electron chi connectivity index (χ2n) is 5.31. The van der Waals surface area contributed by atoms with Crippen LogP contribution < -0.4 is 0 Å². The van der Waals surface area contributed by atoms with E-state index < -0.39 is 11.9 Å². The number of hydrogen-bond donors (Lipinski definition) is 0. The van der Waals surface area contributed by atoms with Crippen molar-refractivity contribution in [3.8, 4) is 0 Å². The molecule has 0 atom stereocenters. The van der Waals surface area contributed by atoms with Crippen molar-refractivity contribution in [3.63, 3.8) is 0 Å². The van der Waals surface area contributed by atoms with Gasteiger partial charge in [0, 0.05) is 28.8 Å². The van der Waals surface area contributed by atoms with Crippen molar-refractivity contribution >= 4 is 17.7 Å². The predicted molar refractivity (Wildman–Crippen MR) is 96.3 cm³/mol. The summed E-state index contributed by atoms with van der Waals surface area (Å²) in [4.78, 5) is 35.3. The maximum absolute atomic E-state index is 12.7. The number of esters is 2. The van der Waals surface area contributed by atoms with Crippen molar-refractivity contribution < 1.29 is 23.9 Å². The fourth-order valence-corrected chi connectivity index (χ4v) is 2.24. The van der Waals surface area contributed by atoms with Crippen molar-refractivity contribution in [2.45, 2.75) is 13.2 Å². The summed E-state index contributed by atoms with van der Waals surface area (Å²) >= 11 is 0. The first kappa shape index (κ1) is 18.9. The van der Waals surface area contributed by atoms with Gasteiger partial charge in [-0.3, -0.25) is 4.79 Å². The molecule has 2 aromatic rings. The molecule has 0 bridgehead atoms. The fraction of sp³-hybridized carbons (Fsp3) is 0.0952. The number of rotatable bonds is 8. The molecular formula is C21H18O5. The minimum atomic E-state index is -0.591. The van der Waals surface area contributed by atoms with Crippen LogP contribution in [0.15, 0.2) is 73.8 Å². The first-order valence-corrected chi connectivity index (χ1v) is 7.85. The van der Waals surface area contributed by atoms with E-state index in [-0.39, 0.29) is 19.0 Å². The molecule has 26 heavy (non-hydrogen) atoms. The number of ether oxygens (including phenoxy) is 2. The van der Waals surface area contributed by atoms with Crippen LogP contribution in [-0.2, 0) is 32.3 Å². The van der Waals surface area contributed by atoms with E-state index in [9.17, 15) is 14.4 Å². The van der Waals surface area contributed by atoms with E-state index in [0.29, 0.717) is 22.3 Å². The molecule has 0 aliphatic carbocycles. The number of carbonyl (C=O) groups is 3. The van der Waals surface area contributed by atoms with Crippen molar-refractivity contribution in [3.05, 3.63) is 96.1 Å². The second-order valence-corrected chi connectivity index (χ2v) is 5.31. The fourth-order valence-electron chi connectivity index (χ4n) is 2.24. The van der Waals surface area contributed by atoms with Gasteiger partial charge in [0.25, 0.3) is 0 Å². The Morgan fingerprint density at radius 1 is 0.846 bits per heavy atom. The molecule has 0 aliphatic heterocycles. The average Bonchev–Trinajstić information content (AvgIpc) is 2.70. The molecule has 2 aromatic carbocycles.